The minimum atomic E-state index is -0.791. The Bertz CT molecular complexity index is 252. The Kier molecular flexibility index (Phi) is 5.98. The van der Waals surface area contributed by atoms with E-state index in [1.165, 1.54) is 0 Å². The Hall–Kier alpha value is -0.420. The van der Waals surface area contributed by atoms with Gasteiger partial charge in [0.25, 0.3) is 0 Å². The minimum Gasteiger partial charge on any atom is -0.356 e. The molecule has 1 aliphatic rings. The summed E-state index contributed by atoms with van der Waals surface area (Å²) in [6, 6.07) is 0. The average molecular weight is 246 g/mol. The summed E-state index contributed by atoms with van der Waals surface area (Å²) in [6.45, 7) is 4.47. The molecule has 1 rings (SSSR count). The summed E-state index contributed by atoms with van der Waals surface area (Å²) in [5.74, 6) is 0.333. The van der Waals surface area contributed by atoms with Crippen molar-refractivity contribution in [3.05, 3.63) is 0 Å². The molecule has 0 spiro atoms. The van der Waals surface area contributed by atoms with Crippen molar-refractivity contribution in [2.45, 2.75) is 31.4 Å². The second-order valence-corrected chi connectivity index (χ2v) is 6.22. The molecule has 2 unspecified atom stereocenters. The van der Waals surface area contributed by atoms with E-state index in [4.69, 9.17) is 0 Å². The molecular weight excluding hydrogens is 224 g/mol. The number of piperidine rings is 1. The fourth-order valence-electron chi connectivity index (χ4n) is 1.79. The van der Waals surface area contributed by atoms with Crippen molar-refractivity contribution < 1.29 is 9.00 Å². The first-order valence-corrected chi connectivity index (χ1v) is 7.54. The van der Waals surface area contributed by atoms with Gasteiger partial charge in [-0.2, -0.15) is 0 Å². The normalized spacial score (nSPS) is 21.4. The van der Waals surface area contributed by atoms with E-state index in [0.717, 1.165) is 32.4 Å². The molecule has 0 aromatic rings. The molecule has 16 heavy (non-hydrogen) atoms. The zero-order chi connectivity index (χ0) is 12.0. The SMILES string of the molecule is CC(CCNC(=O)C1CCNCC1)S(C)=O. The lowest BCUT2D eigenvalue weighted by atomic mass is 9.97. The first kappa shape index (κ1) is 13.6. The smallest absolute Gasteiger partial charge is 0.223 e. The molecule has 0 aliphatic carbocycles. The molecule has 1 aliphatic heterocycles. The maximum Gasteiger partial charge on any atom is 0.223 e. The third kappa shape index (κ3) is 4.61. The summed E-state index contributed by atoms with van der Waals surface area (Å²) in [6.07, 6.45) is 4.36. The molecule has 1 fully saturated rings. The number of carbonyl (C=O) groups excluding carboxylic acids is 1. The van der Waals surface area contributed by atoms with Gasteiger partial charge < -0.3 is 10.6 Å². The van der Waals surface area contributed by atoms with Gasteiger partial charge in [-0.3, -0.25) is 9.00 Å². The second kappa shape index (κ2) is 7.01. The van der Waals surface area contributed by atoms with Gasteiger partial charge in [0, 0.05) is 34.8 Å². The van der Waals surface area contributed by atoms with Gasteiger partial charge >= 0.3 is 0 Å². The number of nitrogens with one attached hydrogen (secondary N) is 2. The fourth-order valence-corrected chi connectivity index (χ4v) is 2.24. The summed E-state index contributed by atoms with van der Waals surface area (Å²) < 4.78 is 11.1. The van der Waals surface area contributed by atoms with E-state index in [0.29, 0.717) is 6.54 Å². The quantitative estimate of drug-likeness (QED) is 0.731. The van der Waals surface area contributed by atoms with Gasteiger partial charge in [0.2, 0.25) is 5.91 Å². The lowest BCUT2D eigenvalue weighted by Crippen LogP contribution is -2.39. The Balaban J connectivity index is 2.16. The van der Waals surface area contributed by atoms with Crippen molar-refractivity contribution in [3.63, 3.8) is 0 Å². The highest BCUT2D eigenvalue weighted by Crippen LogP contribution is 2.11. The number of amides is 1. The summed E-state index contributed by atoms with van der Waals surface area (Å²) in [4.78, 5) is 11.7. The van der Waals surface area contributed by atoms with E-state index in [1.807, 2.05) is 6.92 Å². The first-order valence-electron chi connectivity index (χ1n) is 5.92. The maximum absolute atomic E-state index is 11.7. The fraction of sp³-hybridized carbons (Fsp3) is 0.909. The molecule has 0 radical (unpaired) electrons. The van der Waals surface area contributed by atoms with Crippen LogP contribution in [0, 0.1) is 5.92 Å². The lowest BCUT2D eigenvalue weighted by molar-refractivity contribution is -0.125. The molecule has 0 aromatic heterocycles. The van der Waals surface area contributed by atoms with E-state index >= 15 is 0 Å². The molecule has 0 aromatic carbocycles. The van der Waals surface area contributed by atoms with Gasteiger partial charge in [0.15, 0.2) is 0 Å². The highest BCUT2D eigenvalue weighted by Gasteiger charge is 2.20. The van der Waals surface area contributed by atoms with Crippen molar-refractivity contribution in [1.82, 2.24) is 10.6 Å². The number of hydrogen-bond acceptors (Lipinski definition) is 3. The zero-order valence-corrected chi connectivity index (χ0v) is 10.9. The monoisotopic (exact) mass is 246 g/mol. The van der Waals surface area contributed by atoms with Crippen LogP contribution >= 0.6 is 0 Å². The zero-order valence-electron chi connectivity index (χ0n) is 10.1. The average Bonchev–Trinajstić information content (AvgIpc) is 2.29. The minimum absolute atomic E-state index is 0.160. The van der Waals surface area contributed by atoms with E-state index in [1.54, 1.807) is 6.26 Å². The van der Waals surface area contributed by atoms with Crippen LogP contribution in [0.5, 0.6) is 0 Å². The molecule has 0 saturated carbocycles. The van der Waals surface area contributed by atoms with Crippen molar-refractivity contribution in [1.29, 1.82) is 0 Å². The standard InChI is InChI=1S/C11H22N2O2S/c1-9(16(2)15)3-8-13-11(14)10-4-6-12-7-5-10/h9-10,12H,3-8H2,1-2H3,(H,13,14). The van der Waals surface area contributed by atoms with Gasteiger partial charge in [-0.15, -0.1) is 0 Å². The van der Waals surface area contributed by atoms with Crippen LogP contribution in [0.25, 0.3) is 0 Å². The van der Waals surface area contributed by atoms with E-state index in [2.05, 4.69) is 10.6 Å². The van der Waals surface area contributed by atoms with Crippen molar-refractivity contribution in [2.24, 2.45) is 5.92 Å². The Morgan fingerprint density at radius 3 is 2.69 bits per heavy atom. The van der Waals surface area contributed by atoms with Gasteiger partial charge in [-0.25, -0.2) is 0 Å². The molecule has 94 valence electrons. The van der Waals surface area contributed by atoms with E-state index in [-0.39, 0.29) is 17.1 Å². The molecule has 1 saturated heterocycles. The van der Waals surface area contributed by atoms with Crippen LogP contribution < -0.4 is 10.6 Å². The molecule has 1 heterocycles. The number of hydrogen-bond donors (Lipinski definition) is 2. The summed E-state index contributed by atoms with van der Waals surface area (Å²) in [7, 11) is -0.791. The van der Waals surface area contributed by atoms with Crippen LogP contribution in [0.3, 0.4) is 0 Å². The molecule has 2 N–H and O–H groups in total. The van der Waals surface area contributed by atoms with Crippen molar-refractivity contribution in [3.8, 4) is 0 Å². The third-order valence-electron chi connectivity index (χ3n) is 3.13. The predicted molar refractivity (Wildman–Crippen MR) is 66.7 cm³/mol. The molecule has 1 amide bonds. The van der Waals surface area contributed by atoms with Crippen LogP contribution in [0.2, 0.25) is 0 Å². The summed E-state index contributed by atoms with van der Waals surface area (Å²) in [5, 5.41) is 6.34. The third-order valence-corrected chi connectivity index (χ3v) is 4.50. The van der Waals surface area contributed by atoms with E-state index in [9.17, 15) is 9.00 Å². The molecule has 2 atom stereocenters. The Morgan fingerprint density at radius 1 is 1.50 bits per heavy atom. The first-order chi connectivity index (χ1) is 7.61. The van der Waals surface area contributed by atoms with Crippen molar-refractivity contribution in [2.75, 3.05) is 25.9 Å². The van der Waals surface area contributed by atoms with Gasteiger partial charge in [0.1, 0.15) is 0 Å². The highest BCUT2D eigenvalue weighted by molar-refractivity contribution is 7.84. The number of carbonyl (C=O) groups is 1. The maximum atomic E-state index is 11.7. The number of rotatable bonds is 5. The largest absolute Gasteiger partial charge is 0.356 e. The van der Waals surface area contributed by atoms with Crippen LogP contribution in [-0.2, 0) is 15.6 Å². The van der Waals surface area contributed by atoms with Crippen LogP contribution in [0.4, 0.5) is 0 Å². The lowest BCUT2D eigenvalue weighted by Gasteiger charge is -2.22. The van der Waals surface area contributed by atoms with Crippen LogP contribution in [-0.4, -0.2) is 41.3 Å². The summed E-state index contributed by atoms with van der Waals surface area (Å²) >= 11 is 0. The van der Waals surface area contributed by atoms with Crippen molar-refractivity contribution >= 4 is 16.7 Å². The highest BCUT2D eigenvalue weighted by atomic mass is 32.2. The van der Waals surface area contributed by atoms with Gasteiger partial charge in [-0.1, -0.05) is 6.92 Å². The molecule has 5 heteroatoms. The summed E-state index contributed by atoms with van der Waals surface area (Å²) in [5.41, 5.74) is 0. The predicted octanol–water partition coefficient (Wildman–Crippen LogP) is 0.259. The van der Waals surface area contributed by atoms with Crippen LogP contribution in [0.1, 0.15) is 26.2 Å². The van der Waals surface area contributed by atoms with Crippen LogP contribution in [0.15, 0.2) is 0 Å². The van der Waals surface area contributed by atoms with Gasteiger partial charge in [-0.05, 0) is 32.4 Å². The second-order valence-electron chi connectivity index (χ2n) is 4.41. The Labute approximate surface area is 100 Å². The Morgan fingerprint density at radius 2 is 2.12 bits per heavy atom. The van der Waals surface area contributed by atoms with Gasteiger partial charge in [0.05, 0.1) is 0 Å². The topological polar surface area (TPSA) is 58.2 Å². The van der Waals surface area contributed by atoms with E-state index < -0.39 is 10.8 Å². The molecule has 4 nitrogen and oxygen atoms in total. The molecule has 0 bridgehead atoms. The molecular formula is C11H22N2O2S.